The molecule has 98 valence electrons. The number of hydrogen-bond acceptors (Lipinski definition) is 3. The van der Waals surface area contributed by atoms with Crippen molar-refractivity contribution in [3.05, 3.63) is 33.9 Å². The number of halogens is 1. The van der Waals surface area contributed by atoms with Gasteiger partial charge in [-0.05, 0) is 25.8 Å². The van der Waals surface area contributed by atoms with Gasteiger partial charge in [0.25, 0.3) is 5.69 Å². The Kier molecular flexibility index (Phi) is 3.90. The summed E-state index contributed by atoms with van der Waals surface area (Å²) in [6, 6.07) is 4.97. The van der Waals surface area contributed by atoms with Crippen LogP contribution in [0.4, 0.5) is 5.69 Å². The zero-order chi connectivity index (χ0) is 13.2. The molecular formula is C13H16BrNO3. The van der Waals surface area contributed by atoms with Crippen LogP contribution in [0.25, 0.3) is 0 Å². The summed E-state index contributed by atoms with van der Waals surface area (Å²) in [5.41, 5.74) is 0.942. The summed E-state index contributed by atoms with van der Waals surface area (Å²) in [5.74, 6) is 0.622. The first-order valence-corrected chi connectivity index (χ1v) is 7.13. The summed E-state index contributed by atoms with van der Waals surface area (Å²) >= 11 is 3.52. The van der Waals surface area contributed by atoms with Crippen molar-refractivity contribution in [2.24, 2.45) is 5.41 Å². The van der Waals surface area contributed by atoms with Gasteiger partial charge >= 0.3 is 0 Å². The Bertz CT molecular complexity index is 452. The van der Waals surface area contributed by atoms with Gasteiger partial charge in [0, 0.05) is 16.8 Å². The largest absolute Gasteiger partial charge is 0.492 e. The minimum atomic E-state index is -0.369. The topological polar surface area (TPSA) is 52.4 Å². The number of hydrogen-bond donors (Lipinski definition) is 0. The van der Waals surface area contributed by atoms with Gasteiger partial charge in [0.2, 0.25) is 0 Å². The molecule has 0 aliphatic heterocycles. The zero-order valence-electron chi connectivity index (χ0n) is 10.3. The Morgan fingerprint density at radius 1 is 1.50 bits per heavy atom. The first kappa shape index (κ1) is 13.3. The fourth-order valence-corrected chi connectivity index (χ4v) is 2.90. The summed E-state index contributed by atoms with van der Waals surface area (Å²) in [5, 5.41) is 11.8. The van der Waals surface area contributed by atoms with E-state index in [9.17, 15) is 10.1 Å². The van der Waals surface area contributed by atoms with Gasteiger partial charge in [-0.3, -0.25) is 10.1 Å². The first-order valence-electron chi connectivity index (χ1n) is 6.01. The average Bonchev–Trinajstić information content (AvgIpc) is 2.29. The quantitative estimate of drug-likeness (QED) is 0.471. The molecule has 0 aromatic heterocycles. The minimum absolute atomic E-state index is 0.119. The highest BCUT2D eigenvalue weighted by Crippen LogP contribution is 2.43. The van der Waals surface area contributed by atoms with Gasteiger partial charge in [0.05, 0.1) is 17.1 Å². The molecule has 2 rings (SSSR count). The van der Waals surface area contributed by atoms with E-state index in [1.54, 1.807) is 19.1 Å². The molecular weight excluding hydrogens is 298 g/mol. The van der Waals surface area contributed by atoms with Gasteiger partial charge in [-0.2, -0.15) is 0 Å². The third kappa shape index (κ3) is 2.51. The van der Waals surface area contributed by atoms with Gasteiger partial charge in [-0.1, -0.05) is 28.4 Å². The lowest BCUT2D eigenvalue weighted by Gasteiger charge is -2.40. The molecule has 0 atom stereocenters. The molecule has 0 saturated heterocycles. The SMILES string of the molecule is Cc1c(OCC2(CBr)CCC2)cccc1[N+](=O)[O-]. The molecule has 0 bridgehead atoms. The molecule has 1 saturated carbocycles. The molecule has 0 unspecified atom stereocenters. The van der Waals surface area contributed by atoms with E-state index in [2.05, 4.69) is 15.9 Å². The van der Waals surface area contributed by atoms with E-state index in [-0.39, 0.29) is 16.0 Å². The van der Waals surface area contributed by atoms with Gasteiger partial charge in [0.15, 0.2) is 0 Å². The average molecular weight is 314 g/mol. The number of nitrogens with zero attached hydrogens (tertiary/aromatic N) is 1. The van der Waals surface area contributed by atoms with Crippen molar-refractivity contribution in [2.45, 2.75) is 26.2 Å². The first-order chi connectivity index (χ1) is 8.58. The van der Waals surface area contributed by atoms with Crippen LogP contribution in [-0.4, -0.2) is 16.9 Å². The molecule has 1 aromatic rings. The van der Waals surface area contributed by atoms with E-state index >= 15 is 0 Å². The Morgan fingerprint density at radius 2 is 2.22 bits per heavy atom. The summed E-state index contributed by atoms with van der Waals surface area (Å²) in [6.45, 7) is 2.36. The van der Waals surface area contributed by atoms with Crippen LogP contribution in [0, 0.1) is 22.5 Å². The second-order valence-electron chi connectivity index (χ2n) is 4.93. The third-order valence-electron chi connectivity index (χ3n) is 3.68. The van der Waals surface area contributed by atoms with Gasteiger partial charge in [0.1, 0.15) is 5.75 Å². The van der Waals surface area contributed by atoms with E-state index < -0.39 is 0 Å². The van der Waals surface area contributed by atoms with Crippen LogP contribution in [0.3, 0.4) is 0 Å². The standard InChI is InChI=1S/C13H16BrNO3/c1-10-11(15(16)17)4-2-5-12(10)18-9-13(8-14)6-3-7-13/h2,4-5H,3,6-9H2,1H3. The second-order valence-corrected chi connectivity index (χ2v) is 5.49. The molecule has 0 radical (unpaired) electrons. The van der Waals surface area contributed by atoms with E-state index in [1.165, 1.54) is 12.5 Å². The number of nitro groups is 1. The second kappa shape index (κ2) is 5.26. The molecule has 1 aromatic carbocycles. The Morgan fingerprint density at radius 3 is 2.72 bits per heavy atom. The highest BCUT2D eigenvalue weighted by molar-refractivity contribution is 9.09. The maximum absolute atomic E-state index is 10.8. The normalized spacial score (nSPS) is 17.0. The van der Waals surface area contributed by atoms with Gasteiger partial charge < -0.3 is 4.74 Å². The van der Waals surface area contributed by atoms with Crippen LogP contribution >= 0.6 is 15.9 Å². The van der Waals surface area contributed by atoms with Gasteiger partial charge in [-0.25, -0.2) is 0 Å². The van der Waals surface area contributed by atoms with Crippen LogP contribution in [-0.2, 0) is 0 Å². The van der Waals surface area contributed by atoms with Crippen LogP contribution in [0.1, 0.15) is 24.8 Å². The molecule has 1 fully saturated rings. The van der Waals surface area contributed by atoms with Crippen molar-refractivity contribution in [3.8, 4) is 5.75 Å². The lowest BCUT2D eigenvalue weighted by Crippen LogP contribution is -2.37. The summed E-state index contributed by atoms with van der Waals surface area (Å²) in [4.78, 5) is 10.5. The predicted octanol–water partition coefficient (Wildman–Crippen LogP) is 3.85. The summed E-state index contributed by atoms with van der Waals surface area (Å²) in [6.07, 6.45) is 3.56. The number of alkyl halides is 1. The van der Waals surface area contributed by atoms with Crippen molar-refractivity contribution in [1.29, 1.82) is 0 Å². The van der Waals surface area contributed by atoms with E-state index in [0.717, 1.165) is 18.2 Å². The number of ether oxygens (including phenoxy) is 1. The molecule has 0 amide bonds. The molecule has 18 heavy (non-hydrogen) atoms. The van der Waals surface area contributed by atoms with Crippen molar-refractivity contribution < 1.29 is 9.66 Å². The predicted molar refractivity (Wildman–Crippen MR) is 73.4 cm³/mol. The van der Waals surface area contributed by atoms with Crippen LogP contribution < -0.4 is 4.74 Å². The molecule has 0 N–H and O–H groups in total. The number of benzene rings is 1. The highest BCUT2D eigenvalue weighted by atomic mass is 79.9. The van der Waals surface area contributed by atoms with Gasteiger partial charge in [-0.15, -0.1) is 0 Å². The maximum Gasteiger partial charge on any atom is 0.276 e. The monoisotopic (exact) mass is 313 g/mol. The zero-order valence-corrected chi connectivity index (χ0v) is 11.9. The third-order valence-corrected chi connectivity index (χ3v) is 4.87. The smallest absolute Gasteiger partial charge is 0.276 e. The van der Waals surface area contributed by atoms with Crippen LogP contribution in [0.15, 0.2) is 18.2 Å². The van der Waals surface area contributed by atoms with E-state index in [1.807, 2.05) is 0 Å². The van der Waals surface area contributed by atoms with Crippen LogP contribution in [0.2, 0.25) is 0 Å². The molecule has 5 heteroatoms. The lowest BCUT2D eigenvalue weighted by molar-refractivity contribution is -0.385. The molecule has 0 spiro atoms. The Balaban J connectivity index is 2.10. The fraction of sp³-hybridized carbons (Fsp3) is 0.538. The highest BCUT2D eigenvalue weighted by Gasteiger charge is 2.37. The maximum atomic E-state index is 10.8. The fourth-order valence-electron chi connectivity index (χ4n) is 2.18. The molecule has 4 nitrogen and oxygen atoms in total. The van der Waals surface area contributed by atoms with Crippen LogP contribution in [0.5, 0.6) is 5.75 Å². The minimum Gasteiger partial charge on any atom is -0.492 e. The van der Waals surface area contributed by atoms with Crippen molar-refractivity contribution in [2.75, 3.05) is 11.9 Å². The molecule has 1 aliphatic rings. The molecule has 0 heterocycles. The van der Waals surface area contributed by atoms with E-state index in [0.29, 0.717) is 17.9 Å². The lowest BCUT2D eigenvalue weighted by atomic mass is 9.71. The number of nitro benzene ring substituents is 1. The number of rotatable bonds is 5. The van der Waals surface area contributed by atoms with E-state index in [4.69, 9.17) is 4.74 Å². The Labute approximate surface area is 115 Å². The summed E-state index contributed by atoms with van der Waals surface area (Å²) in [7, 11) is 0. The molecule has 1 aliphatic carbocycles. The van der Waals surface area contributed by atoms with Crippen molar-refractivity contribution >= 4 is 21.6 Å². The van der Waals surface area contributed by atoms with Crippen molar-refractivity contribution in [3.63, 3.8) is 0 Å². The Hall–Kier alpha value is -1.10. The summed E-state index contributed by atoms with van der Waals surface area (Å²) < 4.78 is 5.79. The van der Waals surface area contributed by atoms with Crippen molar-refractivity contribution in [1.82, 2.24) is 0 Å².